The molecule has 0 radical (unpaired) electrons. The van der Waals surface area contributed by atoms with Gasteiger partial charge in [-0.3, -0.25) is 9.36 Å². The van der Waals surface area contributed by atoms with Gasteiger partial charge in [0.2, 0.25) is 5.75 Å². The highest BCUT2D eigenvalue weighted by Gasteiger charge is 2.47. The van der Waals surface area contributed by atoms with E-state index in [4.69, 9.17) is 21.1 Å². The third-order valence-electron chi connectivity index (χ3n) is 3.48. The fraction of sp³-hybridized carbons (Fsp3) is 0.692. The molecule has 19 heavy (non-hydrogen) atoms. The maximum atomic E-state index is 12.4. The van der Waals surface area contributed by atoms with E-state index in [-0.39, 0.29) is 28.1 Å². The van der Waals surface area contributed by atoms with Gasteiger partial charge in [-0.2, -0.15) is 0 Å². The van der Waals surface area contributed by atoms with Crippen molar-refractivity contribution in [1.29, 1.82) is 0 Å². The molecule has 1 fully saturated rings. The van der Waals surface area contributed by atoms with Crippen molar-refractivity contribution in [3.05, 3.63) is 21.8 Å². The zero-order valence-corrected chi connectivity index (χ0v) is 12.6. The van der Waals surface area contributed by atoms with Crippen LogP contribution in [0.25, 0.3) is 0 Å². The Balaban J connectivity index is 2.52. The molecule has 5 nitrogen and oxygen atoms in total. The van der Waals surface area contributed by atoms with Crippen LogP contribution in [0.4, 0.5) is 0 Å². The number of aromatic nitrogens is 2. The lowest BCUT2D eigenvalue weighted by Gasteiger charge is -2.28. The van der Waals surface area contributed by atoms with E-state index >= 15 is 0 Å². The fourth-order valence-corrected chi connectivity index (χ4v) is 2.99. The summed E-state index contributed by atoms with van der Waals surface area (Å²) in [6.45, 7) is 7.97. The van der Waals surface area contributed by atoms with Crippen LogP contribution < -0.4 is 10.3 Å². The van der Waals surface area contributed by atoms with E-state index in [0.717, 1.165) is 6.42 Å². The van der Waals surface area contributed by atoms with Gasteiger partial charge in [-0.1, -0.05) is 11.6 Å². The number of hydrogen-bond donors (Lipinski definition) is 0. The van der Waals surface area contributed by atoms with Gasteiger partial charge in [-0.15, -0.1) is 0 Å². The lowest BCUT2D eigenvalue weighted by Crippen LogP contribution is -2.36. The van der Waals surface area contributed by atoms with Gasteiger partial charge < -0.3 is 9.47 Å². The molecule has 1 aromatic rings. The van der Waals surface area contributed by atoms with Crippen molar-refractivity contribution in [3.63, 3.8) is 0 Å². The summed E-state index contributed by atoms with van der Waals surface area (Å²) in [6.07, 6.45) is 2.19. The van der Waals surface area contributed by atoms with Gasteiger partial charge in [-0.25, -0.2) is 4.98 Å². The van der Waals surface area contributed by atoms with Gasteiger partial charge in [0.05, 0.1) is 30.7 Å². The van der Waals surface area contributed by atoms with Crippen LogP contribution in [-0.2, 0) is 4.74 Å². The zero-order valence-electron chi connectivity index (χ0n) is 11.9. The molecule has 0 amide bonds. The SMILES string of the molecule is COc1c(Cl)ncn(C2CC(C)(C)OC2(C)C)c1=O. The summed E-state index contributed by atoms with van der Waals surface area (Å²) in [5, 5.41) is 0.0831. The molecule has 6 heteroatoms. The molecular formula is C13H19ClN2O3. The van der Waals surface area contributed by atoms with Gasteiger partial charge in [0, 0.05) is 0 Å². The van der Waals surface area contributed by atoms with E-state index in [2.05, 4.69) is 4.98 Å². The molecule has 0 aliphatic carbocycles. The number of methoxy groups -OCH3 is 1. The quantitative estimate of drug-likeness (QED) is 0.784. The zero-order chi connectivity index (χ0) is 14.4. The van der Waals surface area contributed by atoms with Crippen molar-refractivity contribution in [2.24, 2.45) is 0 Å². The van der Waals surface area contributed by atoms with E-state index in [0.29, 0.717) is 0 Å². The van der Waals surface area contributed by atoms with Crippen LogP contribution in [0.15, 0.2) is 11.1 Å². The smallest absolute Gasteiger partial charge is 0.297 e. The van der Waals surface area contributed by atoms with Crippen LogP contribution in [0, 0.1) is 0 Å². The minimum Gasteiger partial charge on any atom is -0.489 e. The summed E-state index contributed by atoms with van der Waals surface area (Å²) in [7, 11) is 1.41. The monoisotopic (exact) mass is 286 g/mol. The highest BCUT2D eigenvalue weighted by Crippen LogP contribution is 2.44. The van der Waals surface area contributed by atoms with Crippen LogP contribution >= 0.6 is 11.6 Å². The Morgan fingerprint density at radius 3 is 2.58 bits per heavy atom. The third kappa shape index (κ3) is 2.49. The molecule has 1 saturated heterocycles. The molecule has 0 N–H and O–H groups in total. The first-order chi connectivity index (χ1) is 8.68. The average molecular weight is 287 g/mol. The number of nitrogens with zero attached hydrogens (tertiary/aromatic N) is 2. The number of ether oxygens (including phenoxy) is 2. The van der Waals surface area contributed by atoms with Crippen LogP contribution in [0.2, 0.25) is 5.15 Å². The number of rotatable bonds is 2. The molecule has 1 aliphatic rings. The minimum atomic E-state index is -0.451. The fourth-order valence-electron chi connectivity index (χ4n) is 2.79. The molecular weight excluding hydrogens is 268 g/mol. The van der Waals surface area contributed by atoms with Gasteiger partial charge in [0.25, 0.3) is 5.56 Å². The molecule has 1 aliphatic heterocycles. The Bertz CT molecular complexity index is 551. The normalized spacial score (nSPS) is 24.4. The minimum absolute atomic E-state index is 0.0738. The van der Waals surface area contributed by atoms with Crippen LogP contribution in [0.1, 0.15) is 40.2 Å². The van der Waals surface area contributed by atoms with Crippen molar-refractivity contribution >= 4 is 11.6 Å². The molecule has 0 bridgehead atoms. The maximum absolute atomic E-state index is 12.4. The van der Waals surface area contributed by atoms with Gasteiger partial charge in [0.1, 0.15) is 0 Å². The second-order valence-electron chi connectivity index (χ2n) is 5.97. The third-order valence-corrected chi connectivity index (χ3v) is 3.75. The van der Waals surface area contributed by atoms with Gasteiger partial charge in [-0.05, 0) is 34.1 Å². The number of halogens is 1. The van der Waals surface area contributed by atoms with Crippen molar-refractivity contribution in [3.8, 4) is 5.75 Å². The van der Waals surface area contributed by atoms with E-state index in [1.165, 1.54) is 13.4 Å². The number of hydrogen-bond acceptors (Lipinski definition) is 4. The van der Waals surface area contributed by atoms with E-state index in [9.17, 15) is 4.79 Å². The summed E-state index contributed by atoms with van der Waals surface area (Å²) in [6, 6.07) is -0.103. The van der Waals surface area contributed by atoms with Gasteiger partial charge >= 0.3 is 0 Å². The average Bonchev–Trinajstić information content (AvgIpc) is 2.47. The first kappa shape index (κ1) is 14.3. The lowest BCUT2D eigenvalue weighted by atomic mass is 9.94. The topological polar surface area (TPSA) is 53.4 Å². The van der Waals surface area contributed by atoms with Crippen LogP contribution in [0.5, 0.6) is 5.75 Å². The van der Waals surface area contributed by atoms with Crippen LogP contribution in [0.3, 0.4) is 0 Å². The molecule has 106 valence electrons. The standard InChI is InChI=1S/C13H19ClN2O3/c1-12(2)6-8(13(3,4)19-12)16-7-15-10(14)9(18-5)11(16)17/h7-8H,6H2,1-5H3. The second-order valence-corrected chi connectivity index (χ2v) is 6.32. The summed E-state index contributed by atoms with van der Waals surface area (Å²) >= 11 is 5.85. The van der Waals surface area contributed by atoms with E-state index in [1.54, 1.807) is 4.57 Å². The Morgan fingerprint density at radius 2 is 2.11 bits per heavy atom. The highest BCUT2D eigenvalue weighted by atomic mass is 35.5. The van der Waals surface area contributed by atoms with Crippen molar-refractivity contribution < 1.29 is 9.47 Å². The first-order valence-corrected chi connectivity index (χ1v) is 6.56. The highest BCUT2D eigenvalue weighted by molar-refractivity contribution is 6.30. The van der Waals surface area contributed by atoms with Crippen molar-refractivity contribution in [2.45, 2.75) is 51.4 Å². The molecule has 2 heterocycles. The Labute approximate surface area is 117 Å². The van der Waals surface area contributed by atoms with Crippen molar-refractivity contribution in [2.75, 3.05) is 7.11 Å². The molecule has 0 spiro atoms. The summed E-state index contributed by atoms with van der Waals surface area (Å²) < 4.78 is 12.6. The summed E-state index contributed by atoms with van der Waals surface area (Å²) in [5.41, 5.74) is -1.00. The predicted octanol–water partition coefficient (Wildman–Crippen LogP) is 2.42. The summed E-state index contributed by atoms with van der Waals surface area (Å²) in [4.78, 5) is 16.4. The first-order valence-electron chi connectivity index (χ1n) is 6.19. The Kier molecular flexibility index (Phi) is 3.39. The maximum Gasteiger partial charge on any atom is 0.297 e. The largest absolute Gasteiger partial charge is 0.489 e. The molecule has 1 atom stereocenters. The predicted molar refractivity (Wildman–Crippen MR) is 73.0 cm³/mol. The Hall–Kier alpha value is -1.07. The van der Waals surface area contributed by atoms with Gasteiger partial charge in [0.15, 0.2) is 5.15 Å². The van der Waals surface area contributed by atoms with E-state index < -0.39 is 5.60 Å². The summed E-state index contributed by atoms with van der Waals surface area (Å²) in [5.74, 6) is 0.0738. The molecule has 2 rings (SSSR count). The second kappa shape index (κ2) is 4.49. The molecule has 0 saturated carbocycles. The van der Waals surface area contributed by atoms with Crippen molar-refractivity contribution in [1.82, 2.24) is 9.55 Å². The van der Waals surface area contributed by atoms with E-state index in [1.807, 2.05) is 27.7 Å². The Morgan fingerprint density at radius 1 is 1.47 bits per heavy atom. The molecule has 1 aromatic heterocycles. The molecule has 0 aromatic carbocycles. The lowest BCUT2D eigenvalue weighted by molar-refractivity contribution is -0.0732. The van der Waals surface area contributed by atoms with Crippen LogP contribution in [-0.4, -0.2) is 27.9 Å². The molecule has 1 unspecified atom stereocenters.